The molecule has 0 aliphatic carbocycles. The Bertz CT molecular complexity index is 315. The van der Waals surface area contributed by atoms with E-state index in [1.54, 1.807) is 0 Å². The number of rotatable bonds is 9. The summed E-state index contributed by atoms with van der Waals surface area (Å²) < 4.78 is 0. The van der Waals surface area contributed by atoms with Crippen molar-refractivity contribution in [2.45, 2.75) is 79.2 Å². The number of aliphatic hydroxyl groups is 1. The minimum atomic E-state index is -0.179. The Morgan fingerprint density at radius 1 is 0.842 bits per heavy atom. The fourth-order valence-electron chi connectivity index (χ4n) is 1.91. The van der Waals surface area contributed by atoms with Gasteiger partial charge in [0.05, 0.1) is 6.10 Å². The van der Waals surface area contributed by atoms with Crippen LogP contribution < -0.4 is 0 Å². The highest BCUT2D eigenvalue weighted by Gasteiger charge is 1.94. The van der Waals surface area contributed by atoms with Gasteiger partial charge in [-0.25, -0.2) is 0 Å². The van der Waals surface area contributed by atoms with Crippen molar-refractivity contribution < 1.29 is 5.11 Å². The van der Waals surface area contributed by atoms with Gasteiger partial charge in [0, 0.05) is 0 Å². The Morgan fingerprint density at radius 3 is 1.79 bits per heavy atom. The van der Waals surface area contributed by atoms with Crippen LogP contribution in [0.15, 0.2) is 34.9 Å². The summed E-state index contributed by atoms with van der Waals surface area (Å²) in [4.78, 5) is 0. The molecule has 0 aliphatic rings. The van der Waals surface area contributed by atoms with E-state index in [2.05, 4.69) is 45.9 Å². The van der Waals surface area contributed by atoms with Gasteiger partial charge < -0.3 is 5.11 Å². The molecule has 0 aromatic carbocycles. The second-order valence-electron chi connectivity index (χ2n) is 5.89. The van der Waals surface area contributed by atoms with E-state index >= 15 is 0 Å². The summed E-state index contributed by atoms with van der Waals surface area (Å²) in [7, 11) is 0. The van der Waals surface area contributed by atoms with Crippen molar-refractivity contribution in [3.8, 4) is 0 Å². The van der Waals surface area contributed by atoms with E-state index < -0.39 is 0 Å². The molecule has 0 radical (unpaired) electrons. The number of aliphatic hydroxyl groups excluding tert-OH is 1. The second kappa shape index (κ2) is 11.0. The van der Waals surface area contributed by atoms with Crippen LogP contribution in [0.4, 0.5) is 0 Å². The first-order chi connectivity index (χ1) is 8.91. The molecule has 1 heteroatoms. The third-order valence-electron chi connectivity index (χ3n) is 3.20. The molecule has 0 bridgehead atoms. The fourth-order valence-corrected chi connectivity index (χ4v) is 1.91. The number of hydrogen-bond acceptors (Lipinski definition) is 1. The van der Waals surface area contributed by atoms with Crippen LogP contribution in [0.1, 0.15) is 73.1 Å². The highest BCUT2D eigenvalue weighted by molar-refractivity contribution is 5.05. The Hall–Kier alpha value is -0.820. The molecule has 110 valence electrons. The van der Waals surface area contributed by atoms with Gasteiger partial charge in [0.1, 0.15) is 0 Å². The summed E-state index contributed by atoms with van der Waals surface area (Å²) in [6, 6.07) is 0. The molecule has 19 heavy (non-hydrogen) atoms. The minimum absolute atomic E-state index is 0.179. The zero-order valence-corrected chi connectivity index (χ0v) is 13.5. The van der Waals surface area contributed by atoms with Crippen molar-refractivity contribution in [1.82, 2.24) is 0 Å². The Morgan fingerprint density at radius 2 is 1.32 bits per heavy atom. The molecular weight excluding hydrogens is 232 g/mol. The fraction of sp³-hybridized carbons (Fsp3) is 0.667. The first-order valence-corrected chi connectivity index (χ1v) is 7.54. The number of hydrogen-bond donors (Lipinski definition) is 1. The third-order valence-corrected chi connectivity index (χ3v) is 3.20. The summed E-state index contributed by atoms with van der Waals surface area (Å²) in [5.74, 6) is 0. The lowest BCUT2D eigenvalue weighted by molar-refractivity contribution is 0.186. The average Bonchev–Trinajstić information content (AvgIpc) is 2.27. The molecular formula is C18H32O. The van der Waals surface area contributed by atoms with Gasteiger partial charge in [-0.05, 0) is 73.1 Å². The van der Waals surface area contributed by atoms with Crippen molar-refractivity contribution >= 4 is 0 Å². The molecule has 0 saturated heterocycles. The Kier molecular flexibility index (Phi) is 10.6. The van der Waals surface area contributed by atoms with Crippen LogP contribution in [0.25, 0.3) is 0 Å². The largest absolute Gasteiger partial charge is 0.393 e. The molecule has 1 atom stereocenters. The number of allylic oxidation sites excluding steroid dienone is 6. The van der Waals surface area contributed by atoms with Crippen molar-refractivity contribution in [1.29, 1.82) is 0 Å². The maximum absolute atomic E-state index is 9.19. The molecule has 0 spiro atoms. The van der Waals surface area contributed by atoms with E-state index in [0.29, 0.717) is 0 Å². The molecule has 0 fully saturated rings. The minimum Gasteiger partial charge on any atom is -0.393 e. The lowest BCUT2D eigenvalue weighted by Gasteiger charge is -2.03. The van der Waals surface area contributed by atoms with Crippen LogP contribution in [-0.4, -0.2) is 11.2 Å². The SMILES string of the molecule is CC(C)=CCC/C(C)=C/CC/C(C)=C/CC[C@H](C)O. The van der Waals surface area contributed by atoms with E-state index in [4.69, 9.17) is 0 Å². The Balaban J connectivity index is 3.83. The topological polar surface area (TPSA) is 20.2 Å². The summed E-state index contributed by atoms with van der Waals surface area (Å²) in [6.07, 6.45) is 13.2. The first kappa shape index (κ1) is 18.2. The molecule has 0 saturated carbocycles. The van der Waals surface area contributed by atoms with Crippen LogP contribution in [0.3, 0.4) is 0 Å². The lowest BCUT2D eigenvalue weighted by Crippen LogP contribution is -1.97. The van der Waals surface area contributed by atoms with Crippen molar-refractivity contribution in [3.05, 3.63) is 34.9 Å². The van der Waals surface area contributed by atoms with Gasteiger partial charge in [-0.1, -0.05) is 34.9 Å². The standard InChI is InChI=1S/C18H32O/c1-15(2)9-6-10-16(3)11-7-12-17(4)13-8-14-18(5)19/h9,11,13,18-19H,6-8,10,12,14H2,1-5H3/b16-11+,17-13+/t18-/m0/s1. The molecule has 1 N–H and O–H groups in total. The normalized spacial score (nSPS) is 14.4. The zero-order chi connectivity index (χ0) is 14.7. The zero-order valence-electron chi connectivity index (χ0n) is 13.5. The summed E-state index contributed by atoms with van der Waals surface area (Å²) >= 11 is 0. The molecule has 0 aromatic rings. The van der Waals surface area contributed by atoms with Gasteiger partial charge in [0.2, 0.25) is 0 Å². The molecule has 1 nitrogen and oxygen atoms in total. The monoisotopic (exact) mass is 264 g/mol. The predicted octanol–water partition coefficient (Wildman–Crippen LogP) is 5.57. The maximum atomic E-state index is 9.19. The highest BCUT2D eigenvalue weighted by Crippen LogP contribution is 2.12. The third kappa shape index (κ3) is 13.4. The van der Waals surface area contributed by atoms with Gasteiger partial charge in [-0.2, -0.15) is 0 Å². The molecule has 0 unspecified atom stereocenters. The van der Waals surface area contributed by atoms with E-state index in [9.17, 15) is 5.11 Å². The second-order valence-corrected chi connectivity index (χ2v) is 5.89. The smallest absolute Gasteiger partial charge is 0.0515 e. The average molecular weight is 264 g/mol. The van der Waals surface area contributed by atoms with Crippen molar-refractivity contribution in [3.63, 3.8) is 0 Å². The molecule has 0 aliphatic heterocycles. The van der Waals surface area contributed by atoms with Crippen molar-refractivity contribution in [2.24, 2.45) is 0 Å². The maximum Gasteiger partial charge on any atom is 0.0515 e. The summed E-state index contributed by atoms with van der Waals surface area (Å²) in [5, 5.41) is 9.19. The lowest BCUT2D eigenvalue weighted by atomic mass is 10.1. The van der Waals surface area contributed by atoms with Gasteiger partial charge in [0.25, 0.3) is 0 Å². The van der Waals surface area contributed by atoms with Crippen LogP contribution in [-0.2, 0) is 0 Å². The van der Waals surface area contributed by atoms with Crippen LogP contribution >= 0.6 is 0 Å². The van der Waals surface area contributed by atoms with Crippen molar-refractivity contribution in [2.75, 3.05) is 0 Å². The van der Waals surface area contributed by atoms with Gasteiger partial charge >= 0.3 is 0 Å². The van der Waals surface area contributed by atoms with E-state index in [1.807, 2.05) is 6.92 Å². The van der Waals surface area contributed by atoms with E-state index in [1.165, 1.54) is 23.1 Å². The summed E-state index contributed by atoms with van der Waals surface area (Å²) in [6.45, 7) is 10.6. The molecule has 0 heterocycles. The van der Waals surface area contributed by atoms with Gasteiger partial charge in [-0.3, -0.25) is 0 Å². The molecule has 0 rings (SSSR count). The Labute approximate surface area is 120 Å². The van der Waals surface area contributed by atoms with Crippen LogP contribution in [0.5, 0.6) is 0 Å². The highest BCUT2D eigenvalue weighted by atomic mass is 16.3. The summed E-state index contributed by atoms with van der Waals surface area (Å²) in [5.41, 5.74) is 4.34. The van der Waals surface area contributed by atoms with Crippen LogP contribution in [0, 0.1) is 0 Å². The van der Waals surface area contributed by atoms with Gasteiger partial charge in [0.15, 0.2) is 0 Å². The molecule has 0 aromatic heterocycles. The van der Waals surface area contributed by atoms with Gasteiger partial charge in [-0.15, -0.1) is 0 Å². The molecule has 0 amide bonds. The first-order valence-electron chi connectivity index (χ1n) is 7.54. The quantitative estimate of drug-likeness (QED) is 0.540. The van der Waals surface area contributed by atoms with E-state index in [0.717, 1.165) is 32.1 Å². The predicted molar refractivity (Wildman–Crippen MR) is 86.3 cm³/mol. The van der Waals surface area contributed by atoms with Crippen LogP contribution in [0.2, 0.25) is 0 Å². The van der Waals surface area contributed by atoms with E-state index in [-0.39, 0.29) is 6.10 Å².